The van der Waals surface area contributed by atoms with Crippen molar-refractivity contribution in [3.63, 3.8) is 0 Å². The minimum absolute atomic E-state index is 0.00788. The van der Waals surface area contributed by atoms with Crippen molar-refractivity contribution >= 4 is 29.3 Å². The van der Waals surface area contributed by atoms with Crippen LogP contribution in [0, 0.1) is 5.82 Å². The van der Waals surface area contributed by atoms with Crippen molar-refractivity contribution < 1.29 is 14.0 Å². The second kappa shape index (κ2) is 10.7. The number of anilines is 1. The average molecular weight is 477 g/mol. The molecule has 10 heteroatoms. The number of rotatable bonds is 8. The molecular formula is C24H21FN6O2S. The maximum atomic E-state index is 13.5. The van der Waals surface area contributed by atoms with Crippen molar-refractivity contribution in [2.75, 3.05) is 11.1 Å². The van der Waals surface area contributed by atoms with E-state index in [1.54, 1.807) is 36.4 Å². The number of carbonyl (C=O) groups excluding carboxylic acids is 2. The summed E-state index contributed by atoms with van der Waals surface area (Å²) in [6, 6.07) is 22.0. The number of hydrogen-bond donors (Lipinski definition) is 2. The fourth-order valence-corrected chi connectivity index (χ4v) is 3.94. The molecule has 0 fully saturated rings. The number of tetrazole rings is 1. The molecule has 1 heterocycles. The number of nitrogens with one attached hydrogen (secondary N) is 2. The smallest absolute Gasteiger partial charge is 0.253 e. The lowest BCUT2D eigenvalue weighted by molar-refractivity contribution is -0.113. The highest BCUT2D eigenvalue weighted by molar-refractivity contribution is 7.99. The fourth-order valence-electron chi connectivity index (χ4n) is 3.24. The normalized spacial score (nSPS) is 11.6. The van der Waals surface area contributed by atoms with Crippen LogP contribution in [0.1, 0.15) is 28.9 Å². The van der Waals surface area contributed by atoms with Gasteiger partial charge in [0.15, 0.2) is 0 Å². The average Bonchev–Trinajstić information content (AvgIpc) is 3.32. The molecule has 0 aliphatic rings. The molecule has 0 spiro atoms. The lowest BCUT2D eigenvalue weighted by atomic mass is 10.1. The molecule has 0 saturated carbocycles. The molecule has 0 radical (unpaired) electrons. The lowest BCUT2D eigenvalue weighted by Gasteiger charge is -2.16. The first-order valence-electron chi connectivity index (χ1n) is 10.4. The molecule has 3 aromatic carbocycles. The third kappa shape index (κ3) is 5.65. The lowest BCUT2D eigenvalue weighted by Crippen LogP contribution is -2.28. The Hall–Kier alpha value is -4.05. The molecular weight excluding hydrogens is 455 g/mol. The Kier molecular flexibility index (Phi) is 7.28. The summed E-state index contributed by atoms with van der Waals surface area (Å²) in [5.41, 5.74) is 2.18. The van der Waals surface area contributed by atoms with Crippen LogP contribution in [-0.2, 0) is 4.79 Å². The van der Waals surface area contributed by atoms with Gasteiger partial charge in [0.05, 0.1) is 28.7 Å². The molecule has 1 atom stereocenters. The Bertz CT molecular complexity index is 1300. The third-order valence-electron chi connectivity index (χ3n) is 4.92. The Labute approximate surface area is 199 Å². The summed E-state index contributed by atoms with van der Waals surface area (Å²) in [4.78, 5) is 25.5. The van der Waals surface area contributed by atoms with Crippen LogP contribution < -0.4 is 10.6 Å². The Balaban J connectivity index is 1.40. The first-order valence-corrected chi connectivity index (χ1v) is 11.4. The zero-order valence-electron chi connectivity index (χ0n) is 18.2. The van der Waals surface area contributed by atoms with Gasteiger partial charge in [-0.3, -0.25) is 9.59 Å². The number of aromatic nitrogens is 4. The fraction of sp³-hybridized carbons (Fsp3) is 0.125. The molecule has 0 saturated heterocycles. The van der Waals surface area contributed by atoms with Gasteiger partial charge in [0, 0.05) is 0 Å². The number of nitrogens with zero attached hydrogens (tertiary/aromatic N) is 4. The maximum absolute atomic E-state index is 13.5. The first-order chi connectivity index (χ1) is 16.5. The van der Waals surface area contributed by atoms with Crippen molar-refractivity contribution in [2.45, 2.75) is 18.1 Å². The third-order valence-corrected chi connectivity index (χ3v) is 5.84. The highest BCUT2D eigenvalue weighted by Crippen LogP contribution is 2.21. The van der Waals surface area contributed by atoms with E-state index in [-0.39, 0.29) is 23.6 Å². The van der Waals surface area contributed by atoms with E-state index in [2.05, 4.69) is 26.2 Å². The summed E-state index contributed by atoms with van der Waals surface area (Å²) in [6.07, 6.45) is 0. The summed E-state index contributed by atoms with van der Waals surface area (Å²) in [5.74, 6) is -1.06. The van der Waals surface area contributed by atoms with Crippen LogP contribution in [0.15, 0.2) is 84.0 Å². The van der Waals surface area contributed by atoms with Gasteiger partial charge in [0.2, 0.25) is 11.1 Å². The van der Waals surface area contributed by atoms with Crippen LogP contribution in [0.5, 0.6) is 0 Å². The van der Waals surface area contributed by atoms with E-state index in [4.69, 9.17) is 0 Å². The highest BCUT2D eigenvalue weighted by Gasteiger charge is 2.17. The minimum atomic E-state index is -0.418. The predicted molar refractivity (Wildman–Crippen MR) is 127 cm³/mol. The maximum Gasteiger partial charge on any atom is 0.253 e. The molecule has 2 amide bonds. The molecule has 4 aromatic rings. The van der Waals surface area contributed by atoms with Gasteiger partial charge in [-0.2, -0.15) is 4.68 Å². The molecule has 1 aromatic heterocycles. The van der Waals surface area contributed by atoms with Crippen LogP contribution >= 0.6 is 11.8 Å². The number of para-hydroxylation sites is 1. The molecule has 34 heavy (non-hydrogen) atoms. The van der Waals surface area contributed by atoms with E-state index in [9.17, 15) is 14.0 Å². The molecule has 8 nitrogen and oxygen atoms in total. The van der Waals surface area contributed by atoms with Gasteiger partial charge < -0.3 is 10.6 Å². The standard InChI is InChI=1S/C24H21FN6O2S/c1-16(17-8-3-2-4-9-17)26-23(33)20-12-5-6-13-21(20)27-22(32)15-34-24-28-29-30-31(24)19-11-7-10-18(25)14-19/h2-14,16H,15H2,1H3,(H,26,33)(H,27,32). The number of hydrogen-bond acceptors (Lipinski definition) is 6. The van der Waals surface area contributed by atoms with Crippen molar-refractivity contribution in [2.24, 2.45) is 0 Å². The number of benzene rings is 3. The van der Waals surface area contributed by atoms with Crippen molar-refractivity contribution in [1.29, 1.82) is 0 Å². The second-order valence-electron chi connectivity index (χ2n) is 7.34. The molecule has 0 aliphatic carbocycles. The largest absolute Gasteiger partial charge is 0.345 e. The van der Waals surface area contributed by atoms with Crippen molar-refractivity contribution in [3.8, 4) is 5.69 Å². The molecule has 0 bridgehead atoms. The molecule has 0 aliphatic heterocycles. The van der Waals surface area contributed by atoms with E-state index in [1.807, 2.05) is 37.3 Å². The van der Waals surface area contributed by atoms with Gasteiger partial charge in [-0.05, 0) is 53.2 Å². The van der Waals surface area contributed by atoms with Crippen LogP contribution in [0.3, 0.4) is 0 Å². The predicted octanol–water partition coefficient (Wildman–Crippen LogP) is 4.02. The van der Waals surface area contributed by atoms with Crippen molar-refractivity contribution in [3.05, 3.63) is 95.8 Å². The van der Waals surface area contributed by atoms with Crippen molar-refractivity contribution in [1.82, 2.24) is 25.5 Å². The van der Waals surface area contributed by atoms with Gasteiger partial charge >= 0.3 is 0 Å². The summed E-state index contributed by atoms with van der Waals surface area (Å²) in [5, 5.41) is 17.5. The van der Waals surface area contributed by atoms with Gasteiger partial charge in [-0.15, -0.1) is 5.10 Å². The van der Waals surface area contributed by atoms with Crippen LogP contribution in [-0.4, -0.2) is 37.8 Å². The highest BCUT2D eigenvalue weighted by atomic mass is 32.2. The van der Waals surface area contributed by atoms with Gasteiger partial charge in [0.1, 0.15) is 5.82 Å². The summed E-state index contributed by atoms with van der Waals surface area (Å²) in [6.45, 7) is 1.90. The zero-order valence-corrected chi connectivity index (χ0v) is 19.0. The molecule has 1 unspecified atom stereocenters. The number of amides is 2. The SMILES string of the molecule is CC(NC(=O)c1ccccc1NC(=O)CSc1nnnn1-c1cccc(F)c1)c1ccccc1. The number of carbonyl (C=O) groups is 2. The molecule has 2 N–H and O–H groups in total. The number of thioether (sulfide) groups is 1. The van der Waals surface area contributed by atoms with E-state index in [0.29, 0.717) is 22.1 Å². The number of halogens is 1. The zero-order chi connectivity index (χ0) is 23.9. The Morgan fingerprint density at radius 3 is 2.59 bits per heavy atom. The van der Waals surface area contributed by atoms with E-state index in [0.717, 1.165) is 17.3 Å². The Morgan fingerprint density at radius 1 is 1.03 bits per heavy atom. The van der Waals surface area contributed by atoms with E-state index in [1.165, 1.54) is 16.8 Å². The van der Waals surface area contributed by atoms with E-state index < -0.39 is 5.82 Å². The van der Waals surface area contributed by atoms with E-state index >= 15 is 0 Å². The van der Waals surface area contributed by atoms with Gasteiger partial charge in [-0.25, -0.2) is 4.39 Å². The molecule has 4 rings (SSSR count). The quantitative estimate of drug-likeness (QED) is 0.373. The summed E-state index contributed by atoms with van der Waals surface area (Å²) < 4.78 is 14.9. The van der Waals surface area contributed by atoms with Crippen LogP contribution in [0.2, 0.25) is 0 Å². The summed E-state index contributed by atoms with van der Waals surface area (Å²) in [7, 11) is 0. The Morgan fingerprint density at radius 2 is 1.79 bits per heavy atom. The molecule has 172 valence electrons. The first kappa shape index (κ1) is 23.1. The van der Waals surface area contributed by atoms with Crippen LogP contribution in [0.4, 0.5) is 10.1 Å². The minimum Gasteiger partial charge on any atom is -0.345 e. The monoisotopic (exact) mass is 476 g/mol. The summed E-state index contributed by atoms with van der Waals surface area (Å²) >= 11 is 1.10. The topological polar surface area (TPSA) is 102 Å². The second-order valence-corrected chi connectivity index (χ2v) is 8.28. The van der Waals surface area contributed by atoms with Crippen LogP contribution in [0.25, 0.3) is 5.69 Å². The van der Waals surface area contributed by atoms with Gasteiger partial charge in [-0.1, -0.05) is 60.3 Å². The van der Waals surface area contributed by atoms with Gasteiger partial charge in [0.25, 0.3) is 5.91 Å².